The van der Waals surface area contributed by atoms with Crippen LogP contribution in [0.4, 0.5) is 13.2 Å². The summed E-state index contributed by atoms with van der Waals surface area (Å²) in [5.74, 6) is -0.197. The molecular formula is C9H8BrF3O3. The molecule has 7 heteroatoms. The van der Waals surface area contributed by atoms with Gasteiger partial charge in [0.15, 0.2) is 0 Å². The van der Waals surface area contributed by atoms with Crippen LogP contribution in [-0.4, -0.2) is 24.7 Å². The summed E-state index contributed by atoms with van der Waals surface area (Å²) >= 11 is 3.02. The molecule has 0 saturated heterocycles. The molecule has 0 aliphatic heterocycles. The largest absolute Gasteiger partial charge is 0.573 e. The second kappa shape index (κ2) is 5.40. The monoisotopic (exact) mass is 300 g/mol. The van der Waals surface area contributed by atoms with Gasteiger partial charge >= 0.3 is 6.36 Å². The quantitative estimate of drug-likeness (QED) is 0.929. The number of halogens is 4. The summed E-state index contributed by atoms with van der Waals surface area (Å²) in [6.07, 6.45) is -4.74. The summed E-state index contributed by atoms with van der Waals surface area (Å²) in [6, 6.07) is 3.73. The third-order valence-electron chi connectivity index (χ3n) is 1.44. The predicted octanol–water partition coefficient (Wildman–Crippen LogP) is 2.72. The Bertz CT molecular complexity index is 354. The zero-order valence-electron chi connectivity index (χ0n) is 7.92. The second-order valence-electron chi connectivity index (χ2n) is 2.74. The van der Waals surface area contributed by atoms with Gasteiger partial charge in [-0.3, -0.25) is 0 Å². The second-order valence-corrected chi connectivity index (χ2v) is 3.66. The summed E-state index contributed by atoms with van der Waals surface area (Å²) in [5, 5.41) is 8.50. The van der Waals surface area contributed by atoms with E-state index in [1.165, 1.54) is 12.1 Å². The summed E-state index contributed by atoms with van der Waals surface area (Å²) in [6.45, 7) is -0.218. The lowest BCUT2D eigenvalue weighted by molar-refractivity contribution is -0.274. The van der Waals surface area contributed by atoms with Crippen LogP contribution in [0.2, 0.25) is 0 Å². The lowest BCUT2D eigenvalue weighted by Gasteiger charge is -2.11. The van der Waals surface area contributed by atoms with Gasteiger partial charge in [-0.15, -0.1) is 13.2 Å². The molecule has 1 rings (SSSR count). The zero-order chi connectivity index (χ0) is 12.2. The number of hydrogen-bond acceptors (Lipinski definition) is 3. The van der Waals surface area contributed by atoms with Crippen LogP contribution >= 0.6 is 15.9 Å². The lowest BCUT2D eigenvalue weighted by Crippen LogP contribution is -2.17. The number of aliphatic hydroxyl groups is 1. The molecule has 0 amide bonds. The number of alkyl halides is 3. The molecule has 1 N–H and O–H groups in total. The zero-order valence-corrected chi connectivity index (χ0v) is 9.51. The molecule has 0 heterocycles. The number of benzene rings is 1. The fraction of sp³-hybridized carbons (Fsp3) is 0.333. The van der Waals surface area contributed by atoms with Crippen molar-refractivity contribution in [1.29, 1.82) is 0 Å². The van der Waals surface area contributed by atoms with Crippen LogP contribution in [0.1, 0.15) is 0 Å². The van der Waals surface area contributed by atoms with E-state index in [0.717, 1.165) is 6.07 Å². The van der Waals surface area contributed by atoms with E-state index in [1.54, 1.807) is 0 Å². The Kier molecular flexibility index (Phi) is 4.43. The lowest BCUT2D eigenvalue weighted by atomic mass is 10.3. The van der Waals surface area contributed by atoms with Crippen molar-refractivity contribution in [2.45, 2.75) is 6.36 Å². The van der Waals surface area contributed by atoms with Gasteiger partial charge < -0.3 is 14.6 Å². The molecule has 0 radical (unpaired) electrons. The van der Waals surface area contributed by atoms with Crippen LogP contribution in [0.3, 0.4) is 0 Å². The summed E-state index contributed by atoms with van der Waals surface area (Å²) < 4.78 is 44.9. The van der Waals surface area contributed by atoms with Crippen LogP contribution in [-0.2, 0) is 0 Å². The summed E-state index contributed by atoms with van der Waals surface area (Å²) in [4.78, 5) is 0. The molecule has 0 aliphatic rings. The van der Waals surface area contributed by atoms with E-state index in [0.29, 0.717) is 4.47 Å². The minimum absolute atomic E-state index is 0.00190. The highest BCUT2D eigenvalue weighted by Crippen LogP contribution is 2.30. The van der Waals surface area contributed by atoms with Crippen LogP contribution < -0.4 is 9.47 Å². The Labute approximate surface area is 97.9 Å². The molecule has 3 nitrogen and oxygen atoms in total. The van der Waals surface area contributed by atoms with E-state index in [9.17, 15) is 13.2 Å². The Morgan fingerprint density at radius 2 is 1.81 bits per heavy atom. The highest BCUT2D eigenvalue weighted by atomic mass is 79.9. The van der Waals surface area contributed by atoms with Crippen molar-refractivity contribution in [1.82, 2.24) is 0 Å². The van der Waals surface area contributed by atoms with E-state index in [-0.39, 0.29) is 24.7 Å². The molecule has 1 aromatic rings. The van der Waals surface area contributed by atoms with Gasteiger partial charge in [-0.25, -0.2) is 0 Å². The van der Waals surface area contributed by atoms with E-state index >= 15 is 0 Å². The Balaban J connectivity index is 2.81. The number of ether oxygens (including phenoxy) is 2. The summed E-state index contributed by atoms with van der Waals surface area (Å²) in [7, 11) is 0. The Morgan fingerprint density at radius 3 is 2.38 bits per heavy atom. The van der Waals surface area contributed by atoms with Crippen molar-refractivity contribution in [3.8, 4) is 11.5 Å². The first-order chi connectivity index (χ1) is 7.40. The van der Waals surface area contributed by atoms with E-state index in [4.69, 9.17) is 9.84 Å². The van der Waals surface area contributed by atoms with Crippen molar-refractivity contribution in [2.24, 2.45) is 0 Å². The standard InChI is InChI=1S/C9H8BrF3O3/c10-6-3-7(15-2-1-14)5-8(4-6)16-9(11,12)13/h3-5,14H,1-2H2. The normalized spacial score (nSPS) is 11.3. The topological polar surface area (TPSA) is 38.7 Å². The van der Waals surface area contributed by atoms with Crippen LogP contribution in [0.5, 0.6) is 11.5 Å². The van der Waals surface area contributed by atoms with E-state index in [2.05, 4.69) is 20.7 Å². The van der Waals surface area contributed by atoms with E-state index < -0.39 is 6.36 Å². The SMILES string of the molecule is OCCOc1cc(Br)cc(OC(F)(F)F)c1. The smallest absolute Gasteiger partial charge is 0.491 e. The molecule has 0 aromatic heterocycles. The Morgan fingerprint density at radius 1 is 1.19 bits per heavy atom. The molecular weight excluding hydrogens is 293 g/mol. The van der Waals surface area contributed by atoms with Crippen LogP contribution in [0, 0.1) is 0 Å². The average Bonchev–Trinajstić information content (AvgIpc) is 2.10. The number of aliphatic hydroxyl groups excluding tert-OH is 1. The van der Waals surface area contributed by atoms with Gasteiger partial charge in [0.1, 0.15) is 18.1 Å². The van der Waals surface area contributed by atoms with Crippen LogP contribution in [0.25, 0.3) is 0 Å². The van der Waals surface area contributed by atoms with Gasteiger partial charge in [-0.05, 0) is 12.1 Å². The highest BCUT2D eigenvalue weighted by Gasteiger charge is 2.31. The predicted molar refractivity (Wildman–Crippen MR) is 53.4 cm³/mol. The maximum Gasteiger partial charge on any atom is 0.573 e. The minimum Gasteiger partial charge on any atom is -0.491 e. The fourth-order valence-corrected chi connectivity index (χ4v) is 1.43. The molecule has 16 heavy (non-hydrogen) atoms. The molecule has 0 fully saturated rings. The third-order valence-corrected chi connectivity index (χ3v) is 1.90. The first kappa shape index (κ1) is 13.1. The van der Waals surface area contributed by atoms with Gasteiger partial charge in [-0.1, -0.05) is 15.9 Å². The number of rotatable bonds is 4. The molecule has 0 spiro atoms. The van der Waals surface area contributed by atoms with Gasteiger partial charge in [0.05, 0.1) is 6.61 Å². The van der Waals surface area contributed by atoms with Crippen molar-refractivity contribution in [3.05, 3.63) is 22.7 Å². The minimum atomic E-state index is -4.74. The first-order valence-corrected chi connectivity index (χ1v) is 5.00. The molecule has 0 saturated carbocycles. The maximum absolute atomic E-state index is 11.9. The fourth-order valence-electron chi connectivity index (χ4n) is 0.976. The maximum atomic E-state index is 11.9. The number of hydrogen-bond donors (Lipinski definition) is 1. The Hall–Kier alpha value is -0.950. The van der Waals surface area contributed by atoms with Gasteiger partial charge in [-0.2, -0.15) is 0 Å². The van der Waals surface area contributed by atoms with Crippen LogP contribution in [0.15, 0.2) is 22.7 Å². The third kappa shape index (κ3) is 4.71. The molecule has 0 unspecified atom stereocenters. The van der Waals surface area contributed by atoms with Crippen molar-refractivity contribution < 1.29 is 27.8 Å². The molecule has 0 bridgehead atoms. The molecule has 90 valence electrons. The highest BCUT2D eigenvalue weighted by molar-refractivity contribution is 9.10. The van der Waals surface area contributed by atoms with Crippen molar-refractivity contribution >= 4 is 15.9 Å². The van der Waals surface area contributed by atoms with Crippen molar-refractivity contribution in [2.75, 3.05) is 13.2 Å². The van der Waals surface area contributed by atoms with Gasteiger partial charge in [0.25, 0.3) is 0 Å². The first-order valence-electron chi connectivity index (χ1n) is 4.21. The van der Waals surface area contributed by atoms with E-state index in [1.807, 2.05) is 0 Å². The van der Waals surface area contributed by atoms with Crippen molar-refractivity contribution in [3.63, 3.8) is 0 Å². The molecule has 0 atom stereocenters. The summed E-state index contributed by atoms with van der Waals surface area (Å²) in [5.41, 5.74) is 0. The van der Waals surface area contributed by atoms with Gasteiger partial charge in [0.2, 0.25) is 0 Å². The molecule has 0 aliphatic carbocycles. The molecule has 1 aromatic carbocycles. The van der Waals surface area contributed by atoms with Gasteiger partial charge in [0, 0.05) is 10.5 Å². The average molecular weight is 301 g/mol.